The van der Waals surface area contributed by atoms with Gasteiger partial charge in [-0.05, 0) is 42.0 Å². The van der Waals surface area contributed by atoms with E-state index in [1.54, 1.807) is 6.92 Å². The predicted octanol–water partition coefficient (Wildman–Crippen LogP) is 5.03. The molecule has 0 fully saturated rings. The number of rotatable bonds is 5. The van der Waals surface area contributed by atoms with Crippen molar-refractivity contribution in [2.45, 2.75) is 25.6 Å². The SMILES string of the molecule is CC(Cn1cncn1)c1ccc(Oc2ccc(F)cc2)cc1C(F)(F)F. The Morgan fingerprint density at radius 2 is 1.77 bits per heavy atom. The first-order valence-corrected chi connectivity index (χ1v) is 7.80. The molecule has 0 aliphatic rings. The summed E-state index contributed by atoms with van der Waals surface area (Å²) >= 11 is 0. The summed E-state index contributed by atoms with van der Waals surface area (Å²) in [7, 11) is 0. The highest BCUT2D eigenvalue weighted by atomic mass is 19.4. The molecule has 136 valence electrons. The fraction of sp³-hybridized carbons (Fsp3) is 0.222. The van der Waals surface area contributed by atoms with E-state index in [1.165, 1.54) is 53.7 Å². The quantitative estimate of drug-likeness (QED) is 0.595. The molecular weight excluding hydrogens is 350 g/mol. The van der Waals surface area contributed by atoms with Crippen LogP contribution in [0.15, 0.2) is 55.1 Å². The number of hydrogen-bond donors (Lipinski definition) is 0. The van der Waals surface area contributed by atoms with Crippen LogP contribution in [-0.2, 0) is 12.7 Å². The Balaban J connectivity index is 1.89. The second-order valence-electron chi connectivity index (χ2n) is 5.82. The zero-order valence-corrected chi connectivity index (χ0v) is 13.7. The Labute approximate surface area is 147 Å². The maximum absolute atomic E-state index is 13.5. The van der Waals surface area contributed by atoms with Crippen LogP contribution in [0.2, 0.25) is 0 Å². The molecule has 0 saturated heterocycles. The van der Waals surface area contributed by atoms with Crippen molar-refractivity contribution in [3.05, 3.63) is 72.1 Å². The van der Waals surface area contributed by atoms with Crippen LogP contribution in [0.3, 0.4) is 0 Å². The number of benzene rings is 2. The van der Waals surface area contributed by atoms with Gasteiger partial charge in [-0.15, -0.1) is 0 Å². The van der Waals surface area contributed by atoms with E-state index in [-0.39, 0.29) is 23.6 Å². The summed E-state index contributed by atoms with van der Waals surface area (Å²) in [4.78, 5) is 3.79. The number of nitrogens with zero attached hydrogens (tertiary/aromatic N) is 3. The molecule has 3 rings (SSSR count). The Bertz CT molecular complexity index is 861. The highest BCUT2D eigenvalue weighted by Crippen LogP contribution is 2.38. The normalized spacial score (nSPS) is 12.8. The Kier molecular flexibility index (Phi) is 4.92. The van der Waals surface area contributed by atoms with Crippen molar-refractivity contribution in [2.24, 2.45) is 0 Å². The summed E-state index contributed by atoms with van der Waals surface area (Å²) < 4.78 is 60.4. The Morgan fingerprint density at radius 1 is 1.08 bits per heavy atom. The molecule has 26 heavy (non-hydrogen) atoms. The predicted molar refractivity (Wildman–Crippen MR) is 86.4 cm³/mol. The molecule has 1 aromatic heterocycles. The van der Waals surface area contributed by atoms with Crippen molar-refractivity contribution in [3.63, 3.8) is 0 Å². The van der Waals surface area contributed by atoms with Crippen molar-refractivity contribution in [2.75, 3.05) is 0 Å². The summed E-state index contributed by atoms with van der Waals surface area (Å²) in [5, 5.41) is 3.92. The fourth-order valence-corrected chi connectivity index (χ4v) is 2.62. The minimum absolute atomic E-state index is 0.0284. The van der Waals surface area contributed by atoms with Gasteiger partial charge in [0.1, 0.15) is 30.0 Å². The number of hydrogen-bond acceptors (Lipinski definition) is 3. The first-order chi connectivity index (χ1) is 12.3. The van der Waals surface area contributed by atoms with Crippen LogP contribution in [0.5, 0.6) is 11.5 Å². The summed E-state index contributed by atoms with van der Waals surface area (Å²) in [6.45, 7) is 1.95. The molecule has 2 aromatic carbocycles. The van der Waals surface area contributed by atoms with E-state index in [1.807, 2.05) is 0 Å². The van der Waals surface area contributed by atoms with E-state index < -0.39 is 23.5 Å². The smallest absolute Gasteiger partial charge is 0.416 e. The van der Waals surface area contributed by atoms with Gasteiger partial charge in [-0.3, -0.25) is 4.68 Å². The fourth-order valence-electron chi connectivity index (χ4n) is 2.62. The van der Waals surface area contributed by atoms with Gasteiger partial charge in [0.05, 0.1) is 5.56 Å². The van der Waals surface area contributed by atoms with Crippen LogP contribution >= 0.6 is 0 Å². The van der Waals surface area contributed by atoms with Crippen molar-refractivity contribution >= 4 is 0 Å². The molecule has 0 aliphatic carbocycles. The maximum atomic E-state index is 13.5. The maximum Gasteiger partial charge on any atom is 0.416 e. The molecular formula is C18H15F4N3O. The van der Waals surface area contributed by atoms with Gasteiger partial charge in [-0.2, -0.15) is 18.3 Å². The number of ether oxygens (including phenoxy) is 1. The summed E-state index contributed by atoms with van der Waals surface area (Å²) in [6, 6.07) is 8.86. The molecule has 0 bridgehead atoms. The van der Waals surface area contributed by atoms with Crippen LogP contribution in [0, 0.1) is 5.82 Å². The largest absolute Gasteiger partial charge is 0.457 e. The minimum atomic E-state index is -4.53. The van der Waals surface area contributed by atoms with E-state index >= 15 is 0 Å². The van der Waals surface area contributed by atoms with Gasteiger partial charge in [0.25, 0.3) is 0 Å². The average molecular weight is 365 g/mol. The molecule has 0 radical (unpaired) electrons. The van der Waals surface area contributed by atoms with Crippen molar-refractivity contribution < 1.29 is 22.3 Å². The standard InChI is InChI=1S/C18H15F4N3O/c1-12(9-25-11-23-10-24-25)16-7-6-15(8-17(16)18(20,21)22)26-14-4-2-13(19)3-5-14/h2-8,10-12H,9H2,1H3. The van der Waals surface area contributed by atoms with Crippen molar-refractivity contribution in [1.29, 1.82) is 0 Å². The molecule has 0 aliphatic heterocycles. The number of halogens is 4. The zero-order valence-electron chi connectivity index (χ0n) is 13.7. The summed E-state index contributed by atoms with van der Waals surface area (Å²) in [5.74, 6) is -0.609. The molecule has 1 atom stereocenters. The third-order valence-corrected chi connectivity index (χ3v) is 3.84. The number of alkyl halides is 3. The van der Waals surface area contributed by atoms with Crippen LogP contribution in [0.25, 0.3) is 0 Å². The number of aromatic nitrogens is 3. The first kappa shape index (κ1) is 17.9. The second kappa shape index (κ2) is 7.15. The topological polar surface area (TPSA) is 39.9 Å². The van der Waals surface area contributed by atoms with Crippen molar-refractivity contribution in [3.8, 4) is 11.5 Å². The van der Waals surface area contributed by atoms with Crippen molar-refractivity contribution in [1.82, 2.24) is 14.8 Å². The van der Waals surface area contributed by atoms with Gasteiger partial charge < -0.3 is 4.74 Å². The van der Waals surface area contributed by atoms with Crippen LogP contribution in [0.4, 0.5) is 17.6 Å². The molecule has 4 nitrogen and oxygen atoms in total. The van der Waals surface area contributed by atoms with Gasteiger partial charge in [-0.25, -0.2) is 9.37 Å². The van der Waals surface area contributed by atoms with E-state index in [0.717, 1.165) is 6.07 Å². The lowest BCUT2D eigenvalue weighted by molar-refractivity contribution is -0.138. The third kappa shape index (κ3) is 4.19. The van der Waals surface area contributed by atoms with Gasteiger partial charge in [-0.1, -0.05) is 13.0 Å². The average Bonchev–Trinajstić information content (AvgIpc) is 3.09. The summed E-state index contributed by atoms with van der Waals surface area (Å²) in [6.07, 6.45) is -1.75. The molecule has 1 heterocycles. The zero-order chi connectivity index (χ0) is 18.7. The lowest BCUT2D eigenvalue weighted by Crippen LogP contribution is -2.14. The summed E-state index contributed by atoms with van der Waals surface area (Å²) in [5.41, 5.74) is -0.635. The highest BCUT2D eigenvalue weighted by Gasteiger charge is 2.35. The molecule has 0 saturated carbocycles. The van der Waals surface area contributed by atoms with Crippen LogP contribution in [-0.4, -0.2) is 14.8 Å². The van der Waals surface area contributed by atoms with E-state index in [0.29, 0.717) is 0 Å². The highest BCUT2D eigenvalue weighted by molar-refractivity contribution is 5.41. The monoisotopic (exact) mass is 365 g/mol. The van der Waals surface area contributed by atoms with Gasteiger partial charge >= 0.3 is 6.18 Å². The van der Waals surface area contributed by atoms with Gasteiger partial charge in [0, 0.05) is 12.5 Å². The lowest BCUT2D eigenvalue weighted by atomic mass is 9.95. The molecule has 0 N–H and O–H groups in total. The second-order valence-corrected chi connectivity index (χ2v) is 5.82. The van der Waals surface area contributed by atoms with E-state index in [4.69, 9.17) is 4.74 Å². The van der Waals surface area contributed by atoms with Crippen LogP contribution < -0.4 is 4.74 Å². The molecule has 3 aromatic rings. The molecule has 0 spiro atoms. The van der Waals surface area contributed by atoms with Crippen LogP contribution in [0.1, 0.15) is 24.0 Å². The van der Waals surface area contributed by atoms with E-state index in [2.05, 4.69) is 10.1 Å². The van der Waals surface area contributed by atoms with Gasteiger partial charge in [0.2, 0.25) is 0 Å². The minimum Gasteiger partial charge on any atom is -0.457 e. The molecule has 1 unspecified atom stereocenters. The van der Waals surface area contributed by atoms with E-state index in [9.17, 15) is 17.6 Å². The third-order valence-electron chi connectivity index (χ3n) is 3.84. The molecule has 8 heteroatoms. The Hall–Kier alpha value is -2.90. The first-order valence-electron chi connectivity index (χ1n) is 7.80. The Morgan fingerprint density at radius 3 is 2.38 bits per heavy atom. The van der Waals surface area contributed by atoms with Gasteiger partial charge in [0.15, 0.2) is 0 Å². The lowest BCUT2D eigenvalue weighted by Gasteiger charge is -2.19. The molecule has 0 amide bonds.